The van der Waals surface area contributed by atoms with E-state index in [1.807, 2.05) is 0 Å². The fourth-order valence-electron chi connectivity index (χ4n) is 5.69. The van der Waals surface area contributed by atoms with Crippen molar-refractivity contribution < 1.29 is 0 Å². The van der Waals surface area contributed by atoms with Crippen LogP contribution in [-0.2, 0) is 0 Å². The number of rotatable bonds is 2. The molecule has 0 bridgehead atoms. The molecule has 2 saturated heterocycles. The molecule has 2 N–H and O–H groups in total. The van der Waals surface area contributed by atoms with Crippen LogP contribution in [0.25, 0.3) is 0 Å². The molecule has 2 aliphatic carbocycles. The maximum atomic E-state index is 4.09. The van der Waals surface area contributed by atoms with Gasteiger partial charge in [-0.1, -0.05) is 25.7 Å². The molecule has 4 nitrogen and oxygen atoms in total. The summed E-state index contributed by atoms with van der Waals surface area (Å²) in [4.78, 5) is 0. The van der Waals surface area contributed by atoms with E-state index in [4.69, 9.17) is 0 Å². The third kappa shape index (κ3) is 2.10. The standard InChI is InChI=1S/C18H34N4/c1-13-12-19-14(2)18(16-8-7-9-16)20-15(3)21(22(13)18)17-10-5-4-6-11-17/h13-17,19-20H,4-12H2,1-3H3. The predicted octanol–water partition coefficient (Wildman–Crippen LogP) is 2.66. The van der Waals surface area contributed by atoms with E-state index in [9.17, 15) is 0 Å². The van der Waals surface area contributed by atoms with Gasteiger partial charge in [-0.15, -0.1) is 0 Å². The zero-order valence-corrected chi connectivity index (χ0v) is 14.6. The summed E-state index contributed by atoms with van der Waals surface area (Å²) < 4.78 is 0. The zero-order valence-electron chi connectivity index (χ0n) is 14.6. The van der Waals surface area contributed by atoms with Gasteiger partial charge < -0.3 is 5.32 Å². The van der Waals surface area contributed by atoms with Gasteiger partial charge in [-0.05, 0) is 52.4 Å². The van der Waals surface area contributed by atoms with Crippen molar-refractivity contribution in [3.05, 3.63) is 0 Å². The summed E-state index contributed by atoms with van der Waals surface area (Å²) in [6.45, 7) is 8.34. The average Bonchev–Trinajstić information content (AvgIpc) is 2.77. The molecule has 0 aromatic rings. The van der Waals surface area contributed by atoms with Gasteiger partial charge in [-0.3, -0.25) is 5.32 Å². The smallest absolute Gasteiger partial charge is 0.104 e. The van der Waals surface area contributed by atoms with Crippen LogP contribution in [0.1, 0.15) is 72.1 Å². The lowest BCUT2D eigenvalue weighted by Gasteiger charge is -2.58. The summed E-state index contributed by atoms with van der Waals surface area (Å²) in [5, 5.41) is 13.5. The Morgan fingerprint density at radius 2 is 1.64 bits per heavy atom. The second-order valence-electron chi connectivity index (χ2n) is 8.27. The van der Waals surface area contributed by atoms with E-state index in [2.05, 4.69) is 41.4 Å². The Labute approximate surface area is 136 Å². The van der Waals surface area contributed by atoms with Crippen LogP contribution in [0.5, 0.6) is 0 Å². The molecule has 4 heteroatoms. The van der Waals surface area contributed by atoms with Crippen LogP contribution in [0.15, 0.2) is 0 Å². The zero-order chi connectivity index (χ0) is 15.3. The molecule has 0 aromatic heterocycles. The molecule has 4 unspecified atom stereocenters. The lowest BCUT2D eigenvalue weighted by atomic mass is 9.71. The van der Waals surface area contributed by atoms with Gasteiger partial charge in [0, 0.05) is 24.7 Å². The van der Waals surface area contributed by atoms with Gasteiger partial charge >= 0.3 is 0 Å². The first kappa shape index (κ1) is 15.4. The maximum Gasteiger partial charge on any atom is 0.104 e. The summed E-state index contributed by atoms with van der Waals surface area (Å²) in [7, 11) is 0. The van der Waals surface area contributed by atoms with E-state index in [1.54, 1.807) is 0 Å². The summed E-state index contributed by atoms with van der Waals surface area (Å²) >= 11 is 0. The fourth-order valence-corrected chi connectivity index (χ4v) is 5.69. The lowest BCUT2D eigenvalue weighted by molar-refractivity contribution is -0.176. The van der Waals surface area contributed by atoms with E-state index in [0.29, 0.717) is 18.2 Å². The van der Waals surface area contributed by atoms with Crippen LogP contribution in [0, 0.1) is 5.92 Å². The number of hydrogen-bond acceptors (Lipinski definition) is 4. The summed E-state index contributed by atoms with van der Waals surface area (Å²) in [6.07, 6.45) is 11.7. The third-order valence-electron chi connectivity index (χ3n) is 6.94. The minimum Gasteiger partial charge on any atom is -0.309 e. The van der Waals surface area contributed by atoms with Crippen molar-refractivity contribution in [2.24, 2.45) is 5.92 Å². The van der Waals surface area contributed by atoms with E-state index >= 15 is 0 Å². The summed E-state index contributed by atoms with van der Waals surface area (Å²) in [5.74, 6) is 0.814. The van der Waals surface area contributed by atoms with Crippen molar-refractivity contribution in [1.29, 1.82) is 0 Å². The first-order valence-electron chi connectivity index (χ1n) is 9.73. The molecule has 4 atom stereocenters. The average molecular weight is 306 g/mol. The Morgan fingerprint density at radius 3 is 2.27 bits per heavy atom. The topological polar surface area (TPSA) is 30.5 Å². The highest BCUT2D eigenvalue weighted by molar-refractivity contribution is 5.12. The van der Waals surface area contributed by atoms with Crippen LogP contribution in [0.2, 0.25) is 0 Å². The fraction of sp³-hybridized carbons (Fsp3) is 1.00. The second kappa shape index (κ2) is 5.73. The van der Waals surface area contributed by atoms with Crippen LogP contribution in [0.4, 0.5) is 0 Å². The summed E-state index contributed by atoms with van der Waals surface area (Å²) in [5.41, 5.74) is 0.160. The second-order valence-corrected chi connectivity index (χ2v) is 8.27. The van der Waals surface area contributed by atoms with Crippen LogP contribution < -0.4 is 10.6 Å². The highest BCUT2D eigenvalue weighted by Gasteiger charge is 2.61. The minimum absolute atomic E-state index is 0.160. The van der Waals surface area contributed by atoms with Gasteiger partial charge in [0.05, 0.1) is 6.17 Å². The largest absolute Gasteiger partial charge is 0.309 e. The van der Waals surface area contributed by atoms with Crippen molar-refractivity contribution in [3.63, 3.8) is 0 Å². The third-order valence-corrected chi connectivity index (χ3v) is 6.94. The van der Waals surface area contributed by atoms with Gasteiger partial charge in [0.25, 0.3) is 0 Å². The molecule has 2 saturated carbocycles. The molecule has 0 amide bonds. The quantitative estimate of drug-likeness (QED) is 0.821. The predicted molar refractivity (Wildman–Crippen MR) is 90.1 cm³/mol. The molecule has 4 aliphatic rings. The minimum atomic E-state index is 0.160. The number of fused-ring (bicyclic) bond motifs is 1. The normalized spacial score (nSPS) is 45.7. The Morgan fingerprint density at radius 1 is 0.909 bits per heavy atom. The van der Waals surface area contributed by atoms with Crippen LogP contribution in [-0.4, -0.2) is 46.5 Å². The first-order chi connectivity index (χ1) is 10.6. The SMILES string of the molecule is CC1NC2(C3CCC3)C(C)NCC(C)N2N1C1CCCCC1. The van der Waals surface area contributed by atoms with Crippen molar-refractivity contribution in [3.8, 4) is 0 Å². The van der Waals surface area contributed by atoms with E-state index in [1.165, 1.54) is 51.4 Å². The molecule has 4 rings (SSSR count). The van der Waals surface area contributed by atoms with E-state index < -0.39 is 0 Å². The van der Waals surface area contributed by atoms with Gasteiger partial charge in [0.2, 0.25) is 0 Å². The number of nitrogens with zero attached hydrogens (tertiary/aromatic N) is 2. The lowest BCUT2D eigenvalue weighted by Crippen LogP contribution is -2.76. The van der Waals surface area contributed by atoms with Crippen molar-refractivity contribution in [2.45, 2.75) is 102 Å². The highest BCUT2D eigenvalue weighted by atomic mass is 15.8. The number of piperazine rings is 1. The van der Waals surface area contributed by atoms with Crippen LogP contribution in [0.3, 0.4) is 0 Å². The molecule has 2 heterocycles. The van der Waals surface area contributed by atoms with E-state index in [0.717, 1.165) is 18.5 Å². The molecule has 2 aliphatic heterocycles. The molecular weight excluding hydrogens is 272 g/mol. The van der Waals surface area contributed by atoms with Gasteiger partial charge in [-0.25, -0.2) is 10.0 Å². The molecule has 0 radical (unpaired) electrons. The van der Waals surface area contributed by atoms with Gasteiger partial charge in [0.1, 0.15) is 5.66 Å². The van der Waals surface area contributed by atoms with Gasteiger partial charge in [0.15, 0.2) is 0 Å². The first-order valence-corrected chi connectivity index (χ1v) is 9.73. The molecular formula is C18H34N4. The van der Waals surface area contributed by atoms with Crippen molar-refractivity contribution >= 4 is 0 Å². The Balaban J connectivity index is 1.68. The highest BCUT2D eigenvalue weighted by Crippen LogP contribution is 2.47. The monoisotopic (exact) mass is 306 g/mol. The molecule has 126 valence electrons. The Hall–Kier alpha value is -0.160. The summed E-state index contributed by atoms with van der Waals surface area (Å²) in [6, 6.07) is 1.88. The molecule has 22 heavy (non-hydrogen) atoms. The van der Waals surface area contributed by atoms with Crippen molar-refractivity contribution in [1.82, 2.24) is 20.7 Å². The molecule has 4 fully saturated rings. The van der Waals surface area contributed by atoms with Crippen LogP contribution >= 0.6 is 0 Å². The van der Waals surface area contributed by atoms with Gasteiger partial charge in [-0.2, -0.15) is 0 Å². The van der Waals surface area contributed by atoms with Crippen molar-refractivity contribution in [2.75, 3.05) is 6.54 Å². The number of hydrogen-bond donors (Lipinski definition) is 2. The Bertz CT molecular complexity index is 400. The maximum absolute atomic E-state index is 4.09. The number of nitrogens with one attached hydrogen (secondary N) is 2. The molecule has 0 aromatic carbocycles. The molecule has 0 spiro atoms. The Kier molecular flexibility index (Phi) is 4.00. The number of hydrazine groups is 1. The van der Waals surface area contributed by atoms with E-state index in [-0.39, 0.29) is 5.66 Å².